The van der Waals surface area contributed by atoms with Crippen LogP contribution in [0.25, 0.3) is 11.1 Å². The zero-order valence-electron chi connectivity index (χ0n) is 16.1. The van der Waals surface area contributed by atoms with Crippen molar-refractivity contribution in [1.82, 2.24) is 0 Å². The van der Waals surface area contributed by atoms with Gasteiger partial charge >= 0.3 is 5.97 Å². The monoisotopic (exact) mass is 428 g/mol. The number of benzene rings is 2. The van der Waals surface area contributed by atoms with E-state index in [-0.39, 0.29) is 48.5 Å². The maximum absolute atomic E-state index is 14.3. The summed E-state index contributed by atoms with van der Waals surface area (Å²) in [6.45, 7) is -0.213. The van der Waals surface area contributed by atoms with Gasteiger partial charge in [0.05, 0.1) is 12.7 Å². The molecule has 1 fully saturated rings. The lowest BCUT2D eigenvalue weighted by Crippen LogP contribution is -2.38. The van der Waals surface area contributed by atoms with Gasteiger partial charge in [-0.2, -0.15) is 0 Å². The average molecular weight is 428 g/mol. The van der Waals surface area contributed by atoms with Crippen molar-refractivity contribution in [2.45, 2.75) is 37.9 Å². The zero-order chi connectivity index (χ0) is 21.8. The predicted molar refractivity (Wildman–Crippen MR) is 98.5 cm³/mol. The molecule has 0 aromatic heterocycles. The molecular formula is C21H20F4O5. The lowest BCUT2D eigenvalue weighted by atomic mass is 9.92. The van der Waals surface area contributed by atoms with Gasteiger partial charge in [-0.1, -0.05) is 0 Å². The Balaban J connectivity index is 1.79. The molecule has 0 amide bonds. The van der Waals surface area contributed by atoms with Crippen LogP contribution < -0.4 is 9.47 Å². The summed E-state index contributed by atoms with van der Waals surface area (Å²) in [6.07, 6.45) is 0.864. The van der Waals surface area contributed by atoms with Crippen LogP contribution in [-0.2, 0) is 9.53 Å². The number of carboxylic acids is 1. The average Bonchev–Trinajstić information content (AvgIpc) is 2.65. The summed E-state index contributed by atoms with van der Waals surface area (Å²) in [4.78, 5) is 10.5. The molecule has 0 spiro atoms. The molecule has 1 aliphatic carbocycles. The topological polar surface area (TPSA) is 65.0 Å². The largest absolute Gasteiger partial charge is 0.490 e. The van der Waals surface area contributed by atoms with E-state index in [1.54, 1.807) is 7.11 Å². The van der Waals surface area contributed by atoms with Gasteiger partial charge in [-0.05, 0) is 30.2 Å². The first-order valence-corrected chi connectivity index (χ1v) is 9.31. The van der Waals surface area contributed by atoms with Crippen LogP contribution in [0.1, 0.15) is 25.7 Å². The van der Waals surface area contributed by atoms with Gasteiger partial charge in [-0.25, -0.2) is 17.6 Å². The molecule has 0 aliphatic heterocycles. The quantitative estimate of drug-likeness (QED) is 0.463. The van der Waals surface area contributed by atoms with Crippen molar-refractivity contribution in [1.29, 1.82) is 0 Å². The number of hydrogen-bond acceptors (Lipinski definition) is 4. The van der Waals surface area contributed by atoms with Crippen LogP contribution in [0.4, 0.5) is 17.6 Å². The smallest absolute Gasteiger partial charge is 0.303 e. The molecule has 1 N–H and O–H groups in total. The number of halogens is 4. The molecule has 30 heavy (non-hydrogen) atoms. The lowest BCUT2D eigenvalue weighted by molar-refractivity contribution is -0.137. The molecular weight excluding hydrogens is 408 g/mol. The van der Waals surface area contributed by atoms with Gasteiger partial charge in [0.1, 0.15) is 11.9 Å². The highest BCUT2D eigenvalue weighted by molar-refractivity contribution is 5.67. The van der Waals surface area contributed by atoms with Crippen LogP contribution in [0.3, 0.4) is 0 Å². The molecule has 1 saturated carbocycles. The minimum absolute atomic E-state index is 0.0401. The fraction of sp³-hybridized carbons (Fsp3) is 0.381. The van der Waals surface area contributed by atoms with Crippen molar-refractivity contribution in [3.05, 3.63) is 47.5 Å². The van der Waals surface area contributed by atoms with Crippen molar-refractivity contribution < 1.29 is 41.7 Å². The number of methoxy groups -OCH3 is 1. The van der Waals surface area contributed by atoms with Gasteiger partial charge < -0.3 is 19.3 Å². The van der Waals surface area contributed by atoms with E-state index < -0.39 is 35.0 Å². The number of carbonyl (C=O) groups is 1. The van der Waals surface area contributed by atoms with E-state index in [1.807, 2.05) is 0 Å². The Morgan fingerprint density at radius 1 is 1.03 bits per heavy atom. The van der Waals surface area contributed by atoms with Crippen LogP contribution in [0, 0.1) is 23.3 Å². The first kappa shape index (κ1) is 21.9. The Bertz CT molecular complexity index is 905. The van der Waals surface area contributed by atoms with Gasteiger partial charge in [0.25, 0.3) is 0 Å². The van der Waals surface area contributed by atoms with Gasteiger partial charge in [0.2, 0.25) is 0 Å². The molecule has 2 aromatic rings. The zero-order valence-corrected chi connectivity index (χ0v) is 16.1. The van der Waals surface area contributed by atoms with Crippen LogP contribution in [0.5, 0.6) is 11.5 Å². The summed E-state index contributed by atoms with van der Waals surface area (Å²) < 4.78 is 72.7. The summed E-state index contributed by atoms with van der Waals surface area (Å²) >= 11 is 0. The molecule has 0 heterocycles. The third-order valence-corrected chi connectivity index (χ3v) is 4.78. The molecule has 5 nitrogen and oxygen atoms in total. The third kappa shape index (κ3) is 5.02. The molecule has 3 rings (SSSR count). The summed E-state index contributed by atoms with van der Waals surface area (Å²) in [6, 6.07) is 3.70. The Kier molecular flexibility index (Phi) is 6.81. The minimum atomic E-state index is -1.26. The molecule has 0 saturated heterocycles. The van der Waals surface area contributed by atoms with Gasteiger partial charge in [0, 0.05) is 38.0 Å². The molecule has 162 valence electrons. The van der Waals surface area contributed by atoms with Crippen LogP contribution in [0.2, 0.25) is 0 Å². The van der Waals surface area contributed by atoms with Crippen molar-refractivity contribution in [2.24, 2.45) is 0 Å². The van der Waals surface area contributed by atoms with Crippen LogP contribution in [-0.4, -0.2) is 37.0 Å². The van der Waals surface area contributed by atoms with E-state index in [4.69, 9.17) is 19.3 Å². The second kappa shape index (κ2) is 9.34. The molecule has 1 aliphatic rings. The maximum atomic E-state index is 14.3. The van der Waals surface area contributed by atoms with Crippen molar-refractivity contribution >= 4 is 5.97 Å². The molecule has 0 unspecified atom stereocenters. The van der Waals surface area contributed by atoms with E-state index in [0.29, 0.717) is 12.8 Å². The van der Waals surface area contributed by atoms with E-state index >= 15 is 0 Å². The van der Waals surface area contributed by atoms with Crippen molar-refractivity contribution in [3.63, 3.8) is 0 Å². The molecule has 9 heteroatoms. The summed E-state index contributed by atoms with van der Waals surface area (Å²) in [5, 5.41) is 8.57. The van der Waals surface area contributed by atoms with Crippen molar-refractivity contribution in [2.75, 3.05) is 13.7 Å². The summed E-state index contributed by atoms with van der Waals surface area (Å²) in [5.41, 5.74) is -0.587. The normalized spacial score (nSPS) is 18.0. The first-order valence-electron chi connectivity index (χ1n) is 9.31. The number of rotatable bonds is 9. The Morgan fingerprint density at radius 3 is 2.30 bits per heavy atom. The summed E-state index contributed by atoms with van der Waals surface area (Å²) in [7, 11) is 1.57. The SMILES string of the molecule is COC1CC(Oc2cc(F)c(F)c(-c3cc(F)c(OCCCC(=O)O)c(F)c3)c2)C1. The molecule has 2 aromatic carbocycles. The van der Waals surface area contributed by atoms with E-state index in [9.17, 15) is 22.4 Å². The van der Waals surface area contributed by atoms with Crippen LogP contribution >= 0.6 is 0 Å². The molecule has 0 radical (unpaired) electrons. The highest BCUT2D eigenvalue weighted by Crippen LogP contribution is 2.35. The minimum Gasteiger partial charge on any atom is -0.490 e. The van der Waals surface area contributed by atoms with E-state index in [0.717, 1.165) is 18.2 Å². The number of aliphatic carboxylic acids is 1. The Hall–Kier alpha value is -2.81. The number of ether oxygens (including phenoxy) is 3. The van der Waals surface area contributed by atoms with E-state index in [2.05, 4.69) is 0 Å². The fourth-order valence-electron chi connectivity index (χ4n) is 3.09. The second-order valence-electron chi connectivity index (χ2n) is 6.95. The second-order valence-corrected chi connectivity index (χ2v) is 6.95. The van der Waals surface area contributed by atoms with Gasteiger partial charge in [-0.15, -0.1) is 0 Å². The van der Waals surface area contributed by atoms with Gasteiger partial charge in [0.15, 0.2) is 29.0 Å². The highest BCUT2D eigenvalue weighted by atomic mass is 19.2. The summed E-state index contributed by atoms with van der Waals surface area (Å²) in [5.74, 6) is -6.44. The van der Waals surface area contributed by atoms with Crippen LogP contribution in [0.15, 0.2) is 24.3 Å². The predicted octanol–water partition coefficient (Wildman–Crippen LogP) is 4.71. The fourth-order valence-corrected chi connectivity index (χ4v) is 3.09. The standard InChI is InChI=1S/C21H20F4O5/c1-28-12-7-13(8-12)30-14-9-15(20(25)16(22)10-14)11-5-17(23)21(18(24)6-11)29-4-2-3-19(26)27/h5-6,9-10,12-13H,2-4,7-8H2,1H3,(H,26,27). The molecule has 0 atom stereocenters. The maximum Gasteiger partial charge on any atom is 0.303 e. The molecule has 0 bridgehead atoms. The van der Waals surface area contributed by atoms with Crippen molar-refractivity contribution in [3.8, 4) is 22.6 Å². The lowest BCUT2D eigenvalue weighted by Gasteiger charge is -2.34. The Labute approximate surface area is 170 Å². The Morgan fingerprint density at radius 2 is 1.70 bits per heavy atom. The number of carboxylic acid groups (broad SMARTS) is 1. The highest BCUT2D eigenvalue weighted by Gasteiger charge is 2.31. The van der Waals surface area contributed by atoms with E-state index in [1.165, 1.54) is 6.07 Å². The first-order chi connectivity index (χ1) is 14.3. The number of hydrogen-bond donors (Lipinski definition) is 1. The third-order valence-electron chi connectivity index (χ3n) is 4.78. The van der Waals surface area contributed by atoms with Gasteiger partial charge in [-0.3, -0.25) is 4.79 Å².